The van der Waals surface area contributed by atoms with Crippen LogP contribution in [0.2, 0.25) is 0 Å². The molecule has 0 atom stereocenters. The van der Waals surface area contributed by atoms with Gasteiger partial charge in [-0.3, -0.25) is 4.98 Å². The third-order valence-electron chi connectivity index (χ3n) is 4.45. The summed E-state index contributed by atoms with van der Waals surface area (Å²) < 4.78 is 0. The molecule has 4 rings (SSSR count). The number of aromatic nitrogens is 3. The van der Waals surface area contributed by atoms with Crippen LogP contribution < -0.4 is 10.6 Å². The van der Waals surface area contributed by atoms with Crippen LogP contribution in [0, 0.1) is 13.8 Å². The van der Waals surface area contributed by atoms with Crippen LogP contribution in [0.25, 0.3) is 11.4 Å². The number of aryl methyl sites for hydroxylation is 2. The zero-order chi connectivity index (χ0) is 20.1. The van der Waals surface area contributed by atoms with Crippen LogP contribution in [0.3, 0.4) is 0 Å². The molecule has 5 heteroatoms. The highest BCUT2D eigenvalue weighted by Crippen LogP contribution is 2.24. The Morgan fingerprint density at radius 2 is 1.55 bits per heavy atom. The lowest BCUT2D eigenvalue weighted by Crippen LogP contribution is -2.05. The number of benzene rings is 2. The van der Waals surface area contributed by atoms with Gasteiger partial charge in [0.2, 0.25) is 0 Å². The van der Waals surface area contributed by atoms with E-state index in [1.165, 1.54) is 11.1 Å². The zero-order valence-corrected chi connectivity index (χ0v) is 16.6. The Labute approximate surface area is 170 Å². The molecule has 0 unspecified atom stereocenters. The molecule has 5 nitrogen and oxygen atoms in total. The van der Waals surface area contributed by atoms with E-state index in [0.29, 0.717) is 12.4 Å². The van der Waals surface area contributed by atoms with E-state index < -0.39 is 0 Å². The average molecular weight is 381 g/mol. The average Bonchev–Trinajstić information content (AvgIpc) is 2.73. The van der Waals surface area contributed by atoms with E-state index in [0.717, 1.165) is 28.5 Å². The normalized spacial score (nSPS) is 10.6. The SMILES string of the molecule is Cc1cc(C)cc(Nc2cc(NCc3cccnc3)nc(-c3ccccc3)n2)c1. The van der Waals surface area contributed by atoms with E-state index >= 15 is 0 Å². The smallest absolute Gasteiger partial charge is 0.163 e. The predicted molar refractivity (Wildman–Crippen MR) is 118 cm³/mol. The molecule has 0 saturated heterocycles. The Balaban J connectivity index is 1.65. The van der Waals surface area contributed by atoms with Crippen molar-refractivity contribution in [2.45, 2.75) is 20.4 Å². The minimum atomic E-state index is 0.641. The first-order chi connectivity index (χ1) is 14.2. The Bertz CT molecular complexity index is 1070. The first-order valence-electron chi connectivity index (χ1n) is 9.58. The Kier molecular flexibility index (Phi) is 5.47. The Morgan fingerprint density at radius 1 is 0.793 bits per heavy atom. The molecule has 144 valence electrons. The van der Waals surface area contributed by atoms with Crippen LogP contribution in [0.15, 0.2) is 79.1 Å². The van der Waals surface area contributed by atoms with Gasteiger partial charge in [0.05, 0.1) is 0 Å². The van der Waals surface area contributed by atoms with Gasteiger partial charge in [-0.25, -0.2) is 9.97 Å². The van der Waals surface area contributed by atoms with Crippen molar-refractivity contribution < 1.29 is 0 Å². The summed E-state index contributed by atoms with van der Waals surface area (Å²) in [7, 11) is 0. The lowest BCUT2D eigenvalue weighted by atomic mass is 10.1. The van der Waals surface area contributed by atoms with Gasteiger partial charge in [0, 0.05) is 36.3 Å². The van der Waals surface area contributed by atoms with Crippen LogP contribution in [0.4, 0.5) is 17.3 Å². The van der Waals surface area contributed by atoms with Crippen LogP contribution in [0.5, 0.6) is 0 Å². The van der Waals surface area contributed by atoms with Crippen molar-refractivity contribution in [1.82, 2.24) is 15.0 Å². The molecule has 0 aliphatic rings. The number of nitrogens with zero attached hydrogens (tertiary/aromatic N) is 3. The molecule has 0 amide bonds. The van der Waals surface area contributed by atoms with E-state index in [1.54, 1.807) is 6.20 Å². The molecular weight excluding hydrogens is 358 g/mol. The summed E-state index contributed by atoms with van der Waals surface area (Å²) in [6.45, 7) is 4.82. The summed E-state index contributed by atoms with van der Waals surface area (Å²) in [5.41, 5.74) is 5.50. The quantitative estimate of drug-likeness (QED) is 0.461. The van der Waals surface area contributed by atoms with E-state index in [-0.39, 0.29) is 0 Å². The molecule has 0 fully saturated rings. The number of hydrogen-bond acceptors (Lipinski definition) is 5. The molecule has 0 aliphatic carbocycles. The number of hydrogen-bond donors (Lipinski definition) is 2. The molecule has 0 radical (unpaired) electrons. The maximum atomic E-state index is 4.74. The second kappa shape index (κ2) is 8.52. The first-order valence-corrected chi connectivity index (χ1v) is 9.58. The minimum Gasteiger partial charge on any atom is -0.366 e. The van der Waals surface area contributed by atoms with Gasteiger partial charge in [0.15, 0.2) is 5.82 Å². The van der Waals surface area contributed by atoms with Crippen LogP contribution >= 0.6 is 0 Å². The summed E-state index contributed by atoms with van der Waals surface area (Å²) in [4.78, 5) is 13.6. The summed E-state index contributed by atoms with van der Waals surface area (Å²) in [6, 6.07) is 22.3. The lowest BCUT2D eigenvalue weighted by Gasteiger charge is -2.13. The van der Waals surface area contributed by atoms with Gasteiger partial charge < -0.3 is 10.6 Å². The lowest BCUT2D eigenvalue weighted by molar-refractivity contribution is 1.07. The number of rotatable bonds is 6. The van der Waals surface area contributed by atoms with Gasteiger partial charge in [-0.1, -0.05) is 42.5 Å². The standard InChI is InChI=1S/C24H23N5/c1-17-11-18(2)13-21(12-17)27-23-14-22(26-16-19-7-6-10-25-15-19)28-24(29-23)20-8-4-3-5-9-20/h3-15H,16H2,1-2H3,(H2,26,27,28,29). The molecule has 2 aromatic carbocycles. The van der Waals surface area contributed by atoms with Gasteiger partial charge in [0.25, 0.3) is 0 Å². The third kappa shape index (κ3) is 4.96. The highest BCUT2D eigenvalue weighted by molar-refractivity contribution is 5.65. The molecule has 2 N–H and O–H groups in total. The fourth-order valence-electron chi connectivity index (χ4n) is 3.21. The van der Waals surface area contributed by atoms with Crippen molar-refractivity contribution >= 4 is 17.3 Å². The maximum absolute atomic E-state index is 4.74. The monoisotopic (exact) mass is 381 g/mol. The van der Waals surface area contributed by atoms with Crippen LogP contribution in [0.1, 0.15) is 16.7 Å². The third-order valence-corrected chi connectivity index (χ3v) is 4.45. The summed E-state index contributed by atoms with van der Waals surface area (Å²) in [5, 5.41) is 6.82. The Hall–Kier alpha value is -3.73. The molecule has 29 heavy (non-hydrogen) atoms. The van der Waals surface area contributed by atoms with Crippen molar-refractivity contribution in [2.24, 2.45) is 0 Å². The van der Waals surface area contributed by atoms with E-state index in [4.69, 9.17) is 9.97 Å². The van der Waals surface area contributed by atoms with Gasteiger partial charge in [-0.05, 0) is 48.7 Å². The van der Waals surface area contributed by atoms with Gasteiger partial charge in [-0.2, -0.15) is 0 Å². The number of pyridine rings is 1. The van der Waals surface area contributed by atoms with Crippen LogP contribution in [-0.2, 0) is 6.54 Å². The van der Waals surface area contributed by atoms with Gasteiger partial charge in [-0.15, -0.1) is 0 Å². The topological polar surface area (TPSA) is 62.7 Å². The molecule has 0 aliphatic heterocycles. The van der Waals surface area contributed by atoms with Crippen molar-refractivity contribution in [3.63, 3.8) is 0 Å². The molecule has 2 aromatic heterocycles. The van der Waals surface area contributed by atoms with E-state index in [2.05, 4.69) is 47.7 Å². The molecular formula is C24H23N5. The summed E-state index contributed by atoms with van der Waals surface area (Å²) in [5.74, 6) is 2.18. The molecule has 2 heterocycles. The van der Waals surface area contributed by atoms with Crippen molar-refractivity contribution in [3.05, 3.63) is 95.8 Å². The summed E-state index contributed by atoms with van der Waals surface area (Å²) >= 11 is 0. The highest BCUT2D eigenvalue weighted by Gasteiger charge is 2.08. The second-order valence-electron chi connectivity index (χ2n) is 7.04. The fourth-order valence-corrected chi connectivity index (χ4v) is 3.21. The summed E-state index contributed by atoms with van der Waals surface area (Å²) in [6.07, 6.45) is 3.62. The maximum Gasteiger partial charge on any atom is 0.163 e. The van der Waals surface area contributed by atoms with Crippen molar-refractivity contribution in [2.75, 3.05) is 10.6 Å². The van der Waals surface area contributed by atoms with Crippen molar-refractivity contribution in [1.29, 1.82) is 0 Å². The molecule has 4 aromatic rings. The van der Waals surface area contributed by atoms with Crippen molar-refractivity contribution in [3.8, 4) is 11.4 Å². The Morgan fingerprint density at radius 3 is 2.28 bits per heavy atom. The van der Waals surface area contributed by atoms with Gasteiger partial charge in [0.1, 0.15) is 11.6 Å². The van der Waals surface area contributed by atoms with Crippen LogP contribution in [-0.4, -0.2) is 15.0 Å². The highest BCUT2D eigenvalue weighted by atomic mass is 15.1. The first kappa shape index (κ1) is 18.6. The van der Waals surface area contributed by atoms with E-state index in [1.807, 2.05) is 54.7 Å². The predicted octanol–water partition coefficient (Wildman–Crippen LogP) is 5.51. The minimum absolute atomic E-state index is 0.641. The molecule has 0 spiro atoms. The zero-order valence-electron chi connectivity index (χ0n) is 16.6. The number of nitrogens with one attached hydrogen (secondary N) is 2. The number of anilines is 3. The molecule has 0 bridgehead atoms. The largest absolute Gasteiger partial charge is 0.366 e. The second-order valence-corrected chi connectivity index (χ2v) is 7.04. The fraction of sp³-hybridized carbons (Fsp3) is 0.125. The van der Waals surface area contributed by atoms with E-state index in [9.17, 15) is 0 Å². The van der Waals surface area contributed by atoms with Gasteiger partial charge >= 0.3 is 0 Å². The molecule has 0 saturated carbocycles.